The summed E-state index contributed by atoms with van der Waals surface area (Å²) in [5, 5.41) is 23.3. The number of phenols is 1. The molecule has 0 fully saturated rings. The Morgan fingerprint density at radius 3 is 2.54 bits per heavy atom. The van der Waals surface area contributed by atoms with Crippen LogP contribution < -0.4 is 4.90 Å². The topological polar surface area (TPSA) is 73.2 Å². The smallest absolute Gasteiger partial charge is 0.225 e. The van der Waals surface area contributed by atoms with Crippen molar-refractivity contribution < 1.29 is 14.6 Å². The molecule has 1 N–H and O–H groups in total. The van der Waals surface area contributed by atoms with Crippen molar-refractivity contribution >= 4 is 0 Å². The normalized spacial score (nSPS) is 10.2. The maximum absolute atomic E-state index is 10.9. The average Bonchev–Trinajstić information content (AvgIpc) is 2.53. The van der Waals surface area contributed by atoms with Gasteiger partial charge in [0.25, 0.3) is 0 Å². The molecule has 1 aromatic carbocycles. The van der Waals surface area contributed by atoms with Crippen molar-refractivity contribution in [1.82, 2.24) is 5.16 Å². The highest BCUT2D eigenvalue weighted by molar-refractivity contribution is 5.55. The van der Waals surface area contributed by atoms with Crippen LogP contribution in [0.2, 0.25) is 0 Å². The summed E-state index contributed by atoms with van der Waals surface area (Å²) in [5.74, 6) is 0.151. The lowest BCUT2D eigenvalue weighted by molar-refractivity contribution is -0.793. The van der Waals surface area contributed by atoms with Crippen LogP contribution in [-0.2, 0) is 0 Å². The Labute approximate surface area is 73.4 Å². The van der Waals surface area contributed by atoms with Gasteiger partial charge in [-0.05, 0) is 29.2 Å². The lowest BCUT2D eigenvalue weighted by Gasteiger charge is -1.95. The number of aromatic hydroxyl groups is 1. The lowest BCUT2D eigenvalue weighted by Crippen LogP contribution is -2.24. The first kappa shape index (κ1) is 7.60. The molecular formula is C8H6N2O3. The Morgan fingerprint density at radius 1 is 1.31 bits per heavy atom. The number of benzene rings is 1. The van der Waals surface area contributed by atoms with Gasteiger partial charge in [0, 0.05) is 10.7 Å². The number of hydrogen-bond donors (Lipinski definition) is 1. The fraction of sp³-hybridized carbons (Fsp3) is 0. The minimum absolute atomic E-state index is 0.151. The Hall–Kier alpha value is -2.04. The molecule has 0 unspecified atom stereocenters. The molecule has 2 aromatic rings. The van der Waals surface area contributed by atoms with E-state index in [2.05, 4.69) is 9.79 Å². The number of nitrogens with zero attached hydrogens (tertiary/aromatic N) is 2. The quantitative estimate of drug-likeness (QED) is 0.651. The van der Waals surface area contributed by atoms with Gasteiger partial charge in [0.05, 0.1) is 0 Å². The summed E-state index contributed by atoms with van der Waals surface area (Å²) in [6.07, 6.45) is 1.32. The molecule has 0 aliphatic carbocycles. The van der Waals surface area contributed by atoms with Gasteiger partial charge in [-0.15, -0.1) is 0 Å². The van der Waals surface area contributed by atoms with Gasteiger partial charge in [0.2, 0.25) is 11.9 Å². The monoisotopic (exact) mass is 178 g/mol. The molecule has 0 aliphatic heterocycles. The summed E-state index contributed by atoms with van der Waals surface area (Å²) in [6.45, 7) is 0. The van der Waals surface area contributed by atoms with Crippen LogP contribution in [0.15, 0.2) is 35.1 Å². The molecule has 0 saturated carbocycles. The van der Waals surface area contributed by atoms with Crippen molar-refractivity contribution in [1.29, 1.82) is 0 Å². The van der Waals surface area contributed by atoms with Crippen molar-refractivity contribution in [3.63, 3.8) is 0 Å². The van der Waals surface area contributed by atoms with E-state index in [1.54, 1.807) is 12.1 Å². The van der Waals surface area contributed by atoms with E-state index in [-0.39, 0.29) is 5.75 Å². The Bertz CT molecular complexity index is 408. The molecule has 0 aliphatic rings. The third-order valence-electron chi connectivity index (χ3n) is 1.66. The summed E-state index contributed by atoms with van der Waals surface area (Å²) in [6, 6.07) is 6.19. The molecule has 5 heteroatoms. The van der Waals surface area contributed by atoms with E-state index in [0.717, 1.165) is 0 Å². The van der Waals surface area contributed by atoms with Crippen LogP contribution in [0.1, 0.15) is 0 Å². The van der Waals surface area contributed by atoms with Gasteiger partial charge in [0.1, 0.15) is 5.75 Å². The SMILES string of the molecule is [O-][n+]1oncc1-c1ccc(O)cc1. The summed E-state index contributed by atoms with van der Waals surface area (Å²) in [4.78, 5) is 0.312. The van der Waals surface area contributed by atoms with Crippen molar-refractivity contribution in [2.75, 3.05) is 0 Å². The number of rotatable bonds is 1. The zero-order valence-corrected chi connectivity index (χ0v) is 6.54. The average molecular weight is 178 g/mol. The number of hydrogen-bond acceptors (Lipinski definition) is 4. The summed E-state index contributed by atoms with van der Waals surface area (Å²) in [7, 11) is 0. The van der Waals surface area contributed by atoms with Gasteiger partial charge in [-0.2, -0.15) is 0 Å². The Kier molecular flexibility index (Phi) is 1.63. The second kappa shape index (κ2) is 2.78. The molecule has 0 bridgehead atoms. The van der Waals surface area contributed by atoms with E-state index in [0.29, 0.717) is 16.2 Å². The van der Waals surface area contributed by atoms with Crippen LogP contribution in [0.25, 0.3) is 11.3 Å². The van der Waals surface area contributed by atoms with Crippen molar-refractivity contribution in [3.05, 3.63) is 35.7 Å². The van der Waals surface area contributed by atoms with Gasteiger partial charge >= 0.3 is 0 Å². The third kappa shape index (κ3) is 1.31. The molecule has 66 valence electrons. The fourth-order valence-corrected chi connectivity index (χ4v) is 1.02. The second-order valence-corrected chi connectivity index (χ2v) is 2.51. The molecule has 0 saturated heterocycles. The largest absolute Gasteiger partial charge is 0.508 e. The predicted octanol–water partition coefficient (Wildman–Crippen LogP) is 0.681. The summed E-state index contributed by atoms with van der Waals surface area (Å²) >= 11 is 0. The molecular weight excluding hydrogens is 172 g/mol. The first-order chi connectivity index (χ1) is 6.27. The van der Waals surface area contributed by atoms with Gasteiger partial charge in [-0.25, -0.2) is 0 Å². The van der Waals surface area contributed by atoms with Crippen molar-refractivity contribution in [2.24, 2.45) is 0 Å². The minimum Gasteiger partial charge on any atom is -0.508 e. The van der Waals surface area contributed by atoms with Crippen LogP contribution in [0, 0.1) is 5.21 Å². The zero-order valence-electron chi connectivity index (χ0n) is 6.54. The first-order valence-corrected chi connectivity index (χ1v) is 3.61. The Balaban J connectivity index is 2.47. The van der Waals surface area contributed by atoms with Gasteiger partial charge in [0.15, 0.2) is 0 Å². The highest BCUT2D eigenvalue weighted by Crippen LogP contribution is 2.17. The van der Waals surface area contributed by atoms with Gasteiger partial charge in [-0.3, -0.25) is 4.63 Å². The predicted molar refractivity (Wildman–Crippen MR) is 42.6 cm³/mol. The maximum Gasteiger partial charge on any atom is 0.225 e. The zero-order chi connectivity index (χ0) is 9.26. The number of phenolic OH excluding ortho intramolecular Hbond substituents is 1. The molecule has 0 atom stereocenters. The standard InChI is InChI=1S/C8H6N2O3/c11-7-3-1-6(2-4-7)8-5-9-13-10(8)12/h1-5,11H. The van der Waals surface area contributed by atoms with Crippen LogP contribution in [0.3, 0.4) is 0 Å². The lowest BCUT2D eigenvalue weighted by atomic mass is 10.2. The first-order valence-electron chi connectivity index (χ1n) is 3.61. The highest BCUT2D eigenvalue weighted by atomic mass is 16.8. The maximum atomic E-state index is 10.9. The molecule has 0 amide bonds. The van der Waals surface area contributed by atoms with E-state index < -0.39 is 0 Å². The second-order valence-electron chi connectivity index (χ2n) is 2.51. The van der Waals surface area contributed by atoms with E-state index in [1.165, 1.54) is 18.3 Å². The van der Waals surface area contributed by atoms with Crippen LogP contribution in [0.4, 0.5) is 0 Å². The molecule has 13 heavy (non-hydrogen) atoms. The molecule has 0 spiro atoms. The molecule has 1 aromatic heterocycles. The van der Waals surface area contributed by atoms with E-state index in [4.69, 9.17) is 5.11 Å². The molecule has 5 nitrogen and oxygen atoms in total. The molecule has 2 rings (SSSR count). The van der Waals surface area contributed by atoms with Crippen molar-refractivity contribution in [3.8, 4) is 17.0 Å². The Morgan fingerprint density at radius 2 is 2.00 bits per heavy atom. The number of aromatic nitrogens is 2. The van der Waals surface area contributed by atoms with Crippen molar-refractivity contribution in [2.45, 2.75) is 0 Å². The molecule has 1 heterocycles. The van der Waals surface area contributed by atoms with Crippen LogP contribution in [0.5, 0.6) is 5.75 Å². The fourth-order valence-electron chi connectivity index (χ4n) is 1.02. The molecule has 0 radical (unpaired) electrons. The van der Waals surface area contributed by atoms with Crippen LogP contribution >= 0.6 is 0 Å². The summed E-state index contributed by atoms with van der Waals surface area (Å²) < 4.78 is 4.30. The third-order valence-corrected chi connectivity index (χ3v) is 1.66. The van der Waals surface area contributed by atoms with E-state index >= 15 is 0 Å². The van der Waals surface area contributed by atoms with E-state index in [1.807, 2.05) is 0 Å². The van der Waals surface area contributed by atoms with Gasteiger partial charge < -0.3 is 10.3 Å². The summed E-state index contributed by atoms with van der Waals surface area (Å²) in [5.41, 5.74) is 0.967. The van der Waals surface area contributed by atoms with E-state index in [9.17, 15) is 5.21 Å². The minimum atomic E-state index is 0.151. The van der Waals surface area contributed by atoms with Crippen LogP contribution in [-0.4, -0.2) is 10.3 Å². The van der Waals surface area contributed by atoms with Gasteiger partial charge in [-0.1, -0.05) is 0 Å². The highest BCUT2D eigenvalue weighted by Gasteiger charge is 2.09.